The molecule has 1 aromatic carbocycles. The number of hydrogen-bond acceptors (Lipinski definition) is 3. The van der Waals surface area contributed by atoms with E-state index in [-0.39, 0.29) is 0 Å². The Bertz CT molecular complexity index is 901. The number of aromatic nitrogens is 3. The van der Waals surface area contributed by atoms with Crippen LogP contribution in [0.5, 0.6) is 0 Å². The molecule has 3 heterocycles. The predicted octanol–water partition coefficient (Wildman–Crippen LogP) is 3.85. The van der Waals surface area contributed by atoms with Gasteiger partial charge in [0.1, 0.15) is 0 Å². The fourth-order valence-electron chi connectivity index (χ4n) is 2.31. The molecule has 0 atom stereocenters. The fourth-order valence-corrected chi connectivity index (χ4v) is 2.31. The van der Waals surface area contributed by atoms with E-state index in [2.05, 4.69) is 27.1 Å². The third-order valence-corrected chi connectivity index (χ3v) is 3.31. The van der Waals surface area contributed by atoms with Gasteiger partial charge in [0.15, 0.2) is 11.3 Å². The van der Waals surface area contributed by atoms with Crippen molar-refractivity contribution >= 4 is 22.1 Å². The molecule has 0 unspecified atom stereocenters. The zero-order chi connectivity index (χ0) is 13.4. The number of benzene rings is 1. The van der Waals surface area contributed by atoms with Crippen molar-refractivity contribution < 1.29 is 0 Å². The summed E-state index contributed by atoms with van der Waals surface area (Å²) in [6, 6.07) is 20.2. The maximum absolute atomic E-state index is 4.64. The molecular formula is C17H11N3. The minimum Gasteiger partial charge on any atom is -0.237 e. The summed E-state index contributed by atoms with van der Waals surface area (Å²) in [7, 11) is 0. The Hall–Kier alpha value is -2.81. The van der Waals surface area contributed by atoms with Crippen molar-refractivity contribution in [1.29, 1.82) is 0 Å². The molecule has 4 aromatic rings. The lowest BCUT2D eigenvalue weighted by Crippen LogP contribution is -1.90. The van der Waals surface area contributed by atoms with Gasteiger partial charge in [-0.1, -0.05) is 30.3 Å². The average molecular weight is 257 g/mol. The Labute approximate surface area is 116 Å². The molecule has 3 aromatic heterocycles. The van der Waals surface area contributed by atoms with Gasteiger partial charge in [-0.25, -0.2) is 15.0 Å². The summed E-state index contributed by atoms with van der Waals surface area (Å²) in [4.78, 5) is 13.5. The van der Waals surface area contributed by atoms with Crippen LogP contribution in [-0.2, 0) is 0 Å². The summed E-state index contributed by atoms with van der Waals surface area (Å²) in [5.74, 6) is 0. The highest BCUT2D eigenvalue weighted by Crippen LogP contribution is 2.22. The second-order valence-electron chi connectivity index (χ2n) is 4.65. The van der Waals surface area contributed by atoms with Crippen molar-refractivity contribution in [3.63, 3.8) is 0 Å². The van der Waals surface area contributed by atoms with E-state index in [0.29, 0.717) is 0 Å². The largest absolute Gasteiger partial charge is 0.237 e. The summed E-state index contributed by atoms with van der Waals surface area (Å²) in [6.45, 7) is 0. The minimum absolute atomic E-state index is 0.734. The molecule has 0 bridgehead atoms. The summed E-state index contributed by atoms with van der Waals surface area (Å²) >= 11 is 0. The van der Waals surface area contributed by atoms with E-state index in [1.165, 1.54) is 0 Å². The number of rotatable bonds is 1. The van der Waals surface area contributed by atoms with Gasteiger partial charge >= 0.3 is 0 Å². The third-order valence-electron chi connectivity index (χ3n) is 3.31. The topological polar surface area (TPSA) is 38.7 Å². The van der Waals surface area contributed by atoms with Crippen molar-refractivity contribution in [1.82, 2.24) is 15.0 Å². The first-order chi connectivity index (χ1) is 9.90. The Morgan fingerprint density at radius 1 is 0.650 bits per heavy atom. The van der Waals surface area contributed by atoms with E-state index < -0.39 is 0 Å². The molecule has 0 radical (unpaired) electrons. The van der Waals surface area contributed by atoms with Crippen molar-refractivity contribution in [2.45, 2.75) is 0 Å². The molecule has 0 spiro atoms. The lowest BCUT2D eigenvalue weighted by atomic mass is 10.1. The summed E-state index contributed by atoms with van der Waals surface area (Å²) in [5, 5.41) is 2.07. The SMILES string of the molecule is c1ccc(-c2ccc3cc4cccnc4nc3n2)cc1. The van der Waals surface area contributed by atoms with E-state index >= 15 is 0 Å². The first-order valence-electron chi connectivity index (χ1n) is 6.48. The lowest BCUT2D eigenvalue weighted by Gasteiger charge is -2.04. The second-order valence-corrected chi connectivity index (χ2v) is 4.65. The van der Waals surface area contributed by atoms with Crippen LogP contribution in [0.1, 0.15) is 0 Å². The molecule has 0 aliphatic rings. The molecule has 0 aliphatic heterocycles. The quantitative estimate of drug-likeness (QED) is 0.486. The molecule has 0 aliphatic carbocycles. The number of hydrogen-bond donors (Lipinski definition) is 0. The summed E-state index contributed by atoms with van der Waals surface area (Å²) in [6.07, 6.45) is 1.75. The van der Waals surface area contributed by atoms with Crippen molar-refractivity contribution in [3.05, 3.63) is 66.9 Å². The number of nitrogens with zero attached hydrogens (tertiary/aromatic N) is 3. The van der Waals surface area contributed by atoms with Crippen LogP contribution in [0.4, 0.5) is 0 Å². The Morgan fingerprint density at radius 2 is 1.50 bits per heavy atom. The molecule has 94 valence electrons. The third kappa shape index (κ3) is 1.80. The number of pyridine rings is 3. The number of fused-ring (bicyclic) bond motifs is 2. The van der Waals surface area contributed by atoms with Gasteiger partial charge in [0.2, 0.25) is 0 Å². The zero-order valence-corrected chi connectivity index (χ0v) is 10.7. The van der Waals surface area contributed by atoms with Crippen LogP contribution in [-0.4, -0.2) is 15.0 Å². The van der Waals surface area contributed by atoms with E-state index in [0.717, 1.165) is 33.3 Å². The van der Waals surface area contributed by atoms with Crippen molar-refractivity contribution in [2.24, 2.45) is 0 Å². The van der Waals surface area contributed by atoms with Crippen LogP contribution in [0.15, 0.2) is 66.9 Å². The maximum atomic E-state index is 4.64. The highest BCUT2D eigenvalue weighted by atomic mass is 14.9. The monoisotopic (exact) mass is 257 g/mol. The highest BCUT2D eigenvalue weighted by molar-refractivity contribution is 5.90. The molecule has 20 heavy (non-hydrogen) atoms. The lowest BCUT2D eigenvalue weighted by molar-refractivity contribution is 1.27. The average Bonchev–Trinajstić information content (AvgIpc) is 2.53. The molecule has 0 saturated heterocycles. The van der Waals surface area contributed by atoms with Gasteiger partial charge in [0.25, 0.3) is 0 Å². The van der Waals surface area contributed by atoms with Crippen LogP contribution >= 0.6 is 0 Å². The predicted molar refractivity (Wildman–Crippen MR) is 80.3 cm³/mol. The van der Waals surface area contributed by atoms with Gasteiger partial charge in [-0.3, -0.25) is 0 Å². The first kappa shape index (κ1) is 11.1. The Morgan fingerprint density at radius 3 is 2.40 bits per heavy atom. The molecular weight excluding hydrogens is 246 g/mol. The van der Waals surface area contributed by atoms with Gasteiger partial charge in [0.05, 0.1) is 5.69 Å². The zero-order valence-electron chi connectivity index (χ0n) is 10.7. The smallest absolute Gasteiger partial charge is 0.162 e. The normalized spacial score (nSPS) is 11.0. The molecule has 0 fully saturated rings. The molecule has 0 amide bonds. The van der Waals surface area contributed by atoms with Crippen LogP contribution in [0, 0.1) is 0 Å². The Kier molecular flexibility index (Phi) is 2.42. The molecule has 3 nitrogen and oxygen atoms in total. The Balaban J connectivity index is 1.97. The summed E-state index contributed by atoms with van der Waals surface area (Å²) in [5.41, 5.74) is 3.49. The molecule has 3 heteroatoms. The molecule has 4 rings (SSSR count). The van der Waals surface area contributed by atoms with E-state index in [1.54, 1.807) is 6.20 Å². The van der Waals surface area contributed by atoms with Gasteiger partial charge < -0.3 is 0 Å². The standard InChI is InChI=1S/C17H11N3/c1-2-5-12(6-3-1)15-9-8-14-11-13-7-4-10-18-16(13)20-17(14)19-15/h1-11H. The van der Waals surface area contributed by atoms with Gasteiger partial charge in [-0.15, -0.1) is 0 Å². The van der Waals surface area contributed by atoms with Crippen LogP contribution in [0.25, 0.3) is 33.3 Å². The first-order valence-corrected chi connectivity index (χ1v) is 6.48. The van der Waals surface area contributed by atoms with Gasteiger partial charge in [-0.05, 0) is 30.3 Å². The second kappa shape index (κ2) is 4.38. The van der Waals surface area contributed by atoms with E-state index in [9.17, 15) is 0 Å². The summed E-state index contributed by atoms with van der Waals surface area (Å²) < 4.78 is 0. The van der Waals surface area contributed by atoms with Crippen LogP contribution < -0.4 is 0 Å². The molecule has 0 N–H and O–H groups in total. The van der Waals surface area contributed by atoms with E-state index in [4.69, 9.17) is 0 Å². The van der Waals surface area contributed by atoms with Crippen molar-refractivity contribution in [3.8, 4) is 11.3 Å². The molecule has 0 saturated carbocycles. The maximum Gasteiger partial charge on any atom is 0.162 e. The van der Waals surface area contributed by atoms with E-state index in [1.807, 2.05) is 48.5 Å². The van der Waals surface area contributed by atoms with Crippen LogP contribution in [0.3, 0.4) is 0 Å². The minimum atomic E-state index is 0.734. The highest BCUT2D eigenvalue weighted by Gasteiger charge is 2.04. The van der Waals surface area contributed by atoms with Gasteiger partial charge in [-0.2, -0.15) is 0 Å². The fraction of sp³-hybridized carbons (Fsp3) is 0. The van der Waals surface area contributed by atoms with Gasteiger partial charge in [0, 0.05) is 22.5 Å². The van der Waals surface area contributed by atoms with Crippen molar-refractivity contribution in [2.75, 3.05) is 0 Å². The van der Waals surface area contributed by atoms with Crippen LogP contribution in [0.2, 0.25) is 0 Å².